The van der Waals surface area contributed by atoms with Crippen LogP contribution in [0.1, 0.15) is 19.3 Å². The van der Waals surface area contributed by atoms with Crippen LogP contribution in [0.4, 0.5) is 0 Å². The van der Waals surface area contributed by atoms with Gasteiger partial charge in [0.2, 0.25) is 0 Å². The zero-order chi connectivity index (χ0) is 8.10. The largest absolute Gasteiger partial charge is 0.411 e. The summed E-state index contributed by atoms with van der Waals surface area (Å²) < 4.78 is 0. The summed E-state index contributed by atoms with van der Waals surface area (Å²) in [6.07, 6.45) is 5.17. The molecule has 0 saturated heterocycles. The summed E-state index contributed by atoms with van der Waals surface area (Å²) in [4.78, 5) is 3.86. The van der Waals surface area contributed by atoms with Gasteiger partial charge in [0.15, 0.2) is 0 Å². The molecule has 0 spiro atoms. The van der Waals surface area contributed by atoms with Gasteiger partial charge < -0.3 is 10.2 Å². The second kappa shape index (κ2) is 4.11. The lowest BCUT2D eigenvalue weighted by molar-refractivity contribution is 0.315. The monoisotopic (exact) mass is 154 g/mol. The molecule has 1 fully saturated rings. The first-order valence-electron chi connectivity index (χ1n) is 3.98. The molecule has 1 N–H and O–H groups in total. The van der Waals surface area contributed by atoms with Crippen LogP contribution in [0.5, 0.6) is 0 Å². The van der Waals surface area contributed by atoms with E-state index >= 15 is 0 Å². The smallest absolute Gasteiger partial charge is 0.0470 e. The summed E-state index contributed by atoms with van der Waals surface area (Å²) in [5.41, 5.74) is 0. The fraction of sp³-hybridized carbons (Fsp3) is 0.750. The number of oxime groups is 1. The molecule has 0 aromatic carbocycles. The molecule has 0 aliphatic heterocycles. The Morgan fingerprint density at radius 3 is 3.00 bits per heavy atom. The van der Waals surface area contributed by atoms with E-state index in [1.807, 2.05) is 0 Å². The highest BCUT2D eigenvalue weighted by Gasteiger charge is 2.25. The van der Waals surface area contributed by atoms with Gasteiger partial charge in [-0.3, -0.25) is 0 Å². The van der Waals surface area contributed by atoms with E-state index in [9.17, 15) is 0 Å². The molecule has 1 aliphatic rings. The maximum absolute atomic E-state index is 8.34. The van der Waals surface area contributed by atoms with Crippen LogP contribution in [0.15, 0.2) is 10.1 Å². The minimum atomic E-state index is 0.422. The van der Waals surface area contributed by atoms with Gasteiger partial charge in [0, 0.05) is 18.7 Å². The molecule has 0 radical (unpaired) electrons. The highest BCUT2D eigenvalue weighted by atomic mass is 16.4. The van der Waals surface area contributed by atoms with Crippen molar-refractivity contribution in [2.75, 3.05) is 6.54 Å². The zero-order valence-corrected chi connectivity index (χ0v) is 6.61. The molecular formula is C8H14N2O. The van der Waals surface area contributed by atoms with Gasteiger partial charge in [-0.05, 0) is 25.5 Å². The first-order valence-corrected chi connectivity index (χ1v) is 3.98. The first kappa shape index (κ1) is 8.24. The van der Waals surface area contributed by atoms with E-state index in [0.29, 0.717) is 11.8 Å². The van der Waals surface area contributed by atoms with Gasteiger partial charge in [-0.1, -0.05) is 6.42 Å². The van der Waals surface area contributed by atoms with Crippen LogP contribution in [0.25, 0.3) is 0 Å². The van der Waals surface area contributed by atoms with Crippen molar-refractivity contribution in [3.8, 4) is 0 Å². The summed E-state index contributed by atoms with van der Waals surface area (Å²) >= 11 is 0. The molecule has 0 aromatic heterocycles. The lowest BCUT2D eigenvalue weighted by atomic mass is 9.98. The fourth-order valence-corrected chi connectivity index (χ4v) is 1.74. The van der Waals surface area contributed by atoms with Crippen molar-refractivity contribution in [3.63, 3.8) is 0 Å². The maximum Gasteiger partial charge on any atom is 0.0470 e. The van der Waals surface area contributed by atoms with E-state index < -0.39 is 0 Å². The predicted octanol–water partition coefficient (Wildman–Crippen LogP) is 1.56. The van der Waals surface area contributed by atoms with Gasteiger partial charge >= 0.3 is 0 Å². The summed E-state index contributed by atoms with van der Waals surface area (Å²) in [5, 5.41) is 11.4. The molecule has 0 aromatic rings. The Labute approximate surface area is 66.8 Å². The number of hydrogen-bond donors (Lipinski definition) is 1. The minimum absolute atomic E-state index is 0.422. The molecule has 2 atom stereocenters. The molecule has 2 unspecified atom stereocenters. The molecule has 0 heterocycles. The van der Waals surface area contributed by atoms with Crippen LogP contribution >= 0.6 is 0 Å². The van der Waals surface area contributed by atoms with Crippen molar-refractivity contribution in [1.29, 1.82) is 0 Å². The van der Waals surface area contributed by atoms with E-state index in [2.05, 4.69) is 16.9 Å². The number of rotatable bonds is 3. The maximum atomic E-state index is 8.34. The van der Waals surface area contributed by atoms with E-state index in [1.54, 1.807) is 6.21 Å². The predicted molar refractivity (Wildman–Crippen MR) is 45.5 cm³/mol. The Bertz CT molecular complexity index is 156. The first-order chi connectivity index (χ1) is 5.38. The molecule has 1 saturated carbocycles. The summed E-state index contributed by atoms with van der Waals surface area (Å²) in [7, 11) is 0. The van der Waals surface area contributed by atoms with Crippen molar-refractivity contribution in [2.45, 2.75) is 19.3 Å². The Morgan fingerprint density at radius 1 is 1.55 bits per heavy atom. The molecule has 11 heavy (non-hydrogen) atoms. The standard InChI is InChI=1S/C8H14N2O/c1-9-5-7-3-2-4-8(7)6-10-11/h6-8,11H,1-5H2/b10-6-. The number of hydrogen-bond acceptors (Lipinski definition) is 3. The molecule has 1 aliphatic carbocycles. The molecule has 3 heteroatoms. The summed E-state index contributed by atoms with van der Waals surface area (Å²) in [6.45, 7) is 4.26. The third-order valence-corrected chi connectivity index (χ3v) is 2.34. The van der Waals surface area contributed by atoms with Gasteiger partial charge in [0.25, 0.3) is 0 Å². The number of aliphatic imine (C=N–C) groups is 1. The van der Waals surface area contributed by atoms with Gasteiger partial charge in [0.05, 0.1) is 0 Å². The minimum Gasteiger partial charge on any atom is -0.411 e. The van der Waals surface area contributed by atoms with Gasteiger partial charge in [-0.15, -0.1) is 5.16 Å². The molecule has 1 rings (SSSR count). The molecule has 62 valence electrons. The van der Waals surface area contributed by atoms with Gasteiger partial charge in [-0.25, -0.2) is 0 Å². The van der Waals surface area contributed by atoms with Crippen LogP contribution in [-0.4, -0.2) is 24.7 Å². The Kier molecular flexibility index (Phi) is 3.08. The lowest BCUT2D eigenvalue weighted by Gasteiger charge is -2.10. The van der Waals surface area contributed by atoms with Crippen LogP contribution in [0.2, 0.25) is 0 Å². The normalized spacial score (nSPS) is 31.3. The summed E-state index contributed by atoms with van der Waals surface area (Å²) in [6, 6.07) is 0. The average Bonchev–Trinajstić information content (AvgIpc) is 2.39. The van der Waals surface area contributed by atoms with Crippen molar-refractivity contribution < 1.29 is 5.21 Å². The van der Waals surface area contributed by atoms with Crippen LogP contribution in [0.3, 0.4) is 0 Å². The number of nitrogens with zero attached hydrogens (tertiary/aromatic N) is 2. The van der Waals surface area contributed by atoms with Crippen LogP contribution in [0, 0.1) is 11.8 Å². The second-order valence-corrected chi connectivity index (χ2v) is 3.03. The van der Waals surface area contributed by atoms with Crippen molar-refractivity contribution in [3.05, 3.63) is 0 Å². The van der Waals surface area contributed by atoms with Crippen molar-refractivity contribution in [1.82, 2.24) is 0 Å². The fourth-order valence-electron chi connectivity index (χ4n) is 1.74. The lowest BCUT2D eigenvalue weighted by Crippen LogP contribution is -2.12. The Hall–Kier alpha value is -0.860. The van der Waals surface area contributed by atoms with Gasteiger partial charge in [0.1, 0.15) is 0 Å². The highest BCUT2D eigenvalue weighted by molar-refractivity contribution is 5.60. The molecular weight excluding hydrogens is 140 g/mol. The third kappa shape index (κ3) is 2.03. The Balaban J connectivity index is 2.43. The van der Waals surface area contributed by atoms with E-state index in [0.717, 1.165) is 13.0 Å². The SMILES string of the molecule is C=NCC1CCCC1/C=N\O. The second-order valence-electron chi connectivity index (χ2n) is 3.03. The topological polar surface area (TPSA) is 45.0 Å². The van der Waals surface area contributed by atoms with E-state index in [4.69, 9.17) is 5.21 Å². The van der Waals surface area contributed by atoms with Crippen LogP contribution in [-0.2, 0) is 0 Å². The van der Waals surface area contributed by atoms with Crippen molar-refractivity contribution in [2.24, 2.45) is 22.0 Å². The molecule has 3 nitrogen and oxygen atoms in total. The molecule has 0 bridgehead atoms. The quantitative estimate of drug-likeness (QED) is 0.374. The van der Waals surface area contributed by atoms with E-state index in [1.165, 1.54) is 12.8 Å². The molecule has 0 amide bonds. The van der Waals surface area contributed by atoms with E-state index in [-0.39, 0.29) is 0 Å². The summed E-state index contributed by atoms with van der Waals surface area (Å²) in [5.74, 6) is 0.980. The average molecular weight is 154 g/mol. The highest BCUT2D eigenvalue weighted by Crippen LogP contribution is 2.30. The van der Waals surface area contributed by atoms with Crippen molar-refractivity contribution >= 4 is 12.9 Å². The van der Waals surface area contributed by atoms with Crippen LogP contribution < -0.4 is 0 Å². The third-order valence-electron chi connectivity index (χ3n) is 2.34. The Morgan fingerprint density at radius 2 is 2.36 bits per heavy atom. The van der Waals surface area contributed by atoms with Gasteiger partial charge in [-0.2, -0.15) is 0 Å². The zero-order valence-electron chi connectivity index (χ0n) is 6.61.